The van der Waals surface area contributed by atoms with Gasteiger partial charge in [0.1, 0.15) is 11.5 Å². The fourth-order valence-electron chi connectivity index (χ4n) is 0.510. The molecular weight excluding hydrogens is 108 g/mol. The Balaban J connectivity index is 2.32. The largest absolute Gasteiger partial charge is 0.616 e. The van der Waals surface area contributed by atoms with Gasteiger partial charge in [0, 0.05) is 6.42 Å². The Hall–Kier alpha value is 0.0500. The van der Waals surface area contributed by atoms with Crippen LogP contribution < -0.4 is 0 Å². The second-order valence-electron chi connectivity index (χ2n) is 1.47. The predicted molar refractivity (Wildman–Crippen MR) is 30.3 cm³/mol. The maximum Gasteiger partial charge on any atom is 0.124 e. The Morgan fingerprint density at radius 2 is 2.57 bits per heavy atom. The van der Waals surface area contributed by atoms with Crippen LogP contribution in [0.2, 0.25) is 0 Å². The molecule has 1 rings (SSSR count). The smallest absolute Gasteiger partial charge is 0.124 e. The first-order valence-corrected chi connectivity index (χ1v) is 3.78. The number of allylic oxidation sites excluding steroid dienone is 1. The minimum Gasteiger partial charge on any atom is -0.616 e. The van der Waals surface area contributed by atoms with E-state index in [2.05, 4.69) is 6.08 Å². The van der Waals surface area contributed by atoms with Crippen LogP contribution in [0, 0.1) is 6.08 Å². The molecule has 1 atom stereocenters. The lowest BCUT2D eigenvalue weighted by Crippen LogP contribution is -2.12. The monoisotopic (exact) mass is 115 g/mol. The molecule has 0 aromatic heterocycles. The maximum atomic E-state index is 10.5. The average Bonchev–Trinajstić information content (AvgIpc) is 1.69. The first-order chi connectivity index (χ1) is 3.39. The third kappa shape index (κ3) is 1.53. The van der Waals surface area contributed by atoms with E-state index in [1.807, 2.05) is 6.08 Å². The highest BCUT2D eigenvalue weighted by Crippen LogP contribution is 2.00. The molecule has 0 bridgehead atoms. The zero-order chi connectivity index (χ0) is 5.11. The molecule has 0 fully saturated rings. The molecule has 0 aliphatic carbocycles. The summed E-state index contributed by atoms with van der Waals surface area (Å²) in [4.78, 5) is 0. The van der Waals surface area contributed by atoms with Gasteiger partial charge in [-0.05, 0) is 23.3 Å². The molecule has 1 unspecified atom stereocenters. The first-order valence-electron chi connectivity index (χ1n) is 2.29. The lowest BCUT2D eigenvalue weighted by atomic mass is 10.4. The van der Waals surface area contributed by atoms with Gasteiger partial charge in [0.05, 0.1) is 0 Å². The number of hydrogen-bond acceptors (Lipinski definition) is 1. The molecule has 0 aromatic rings. The van der Waals surface area contributed by atoms with E-state index in [0.29, 0.717) is 0 Å². The average molecular weight is 115 g/mol. The van der Waals surface area contributed by atoms with E-state index in [9.17, 15) is 4.55 Å². The first kappa shape index (κ1) is 5.19. The van der Waals surface area contributed by atoms with E-state index >= 15 is 0 Å². The topological polar surface area (TPSA) is 23.1 Å². The molecule has 1 heterocycles. The molecule has 7 heavy (non-hydrogen) atoms. The van der Waals surface area contributed by atoms with Crippen molar-refractivity contribution in [2.45, 2.75) is 6.42 Å². The van der Waals surface area contributed by atoms with E-state index in [-0.39, 0.29) is 0 Å². The summed E-state index contributed by atoms with van der Waals surface area (Å²) >= 11 is -0.558. The van der Waals surface area contributed by atoms with Crippen molar-refractivity contribution in [2.75, 3.05) is 11.5 Å². The van der Waals surface area contributed by atoms with Crippen molar-refractivity contribution in [1.29, 1.82) is 0 Å². The molecule has 1 radical (unpaired) electrons. The highest BCUT2D eigenvalue weighted by Gasteiger charge is 2.04. The van der Waals surface area contributed by atoms with E-state index in [1.54, 1.807) is 0 Å². The zero-order valence-corrected chi connectivity index (χ0v) is 4.83. The van der Waals surface area contributed by atoms with E-state index in [1.165, 1.54) is 0 Å². The molecule has 0 spiro atoms. The summed E-state index contributed by atoms with van der Waals surface area (Å²) in [6.45, 7) is 0. The summed E-state index contributed by atoms with van der Waals surface area (Å²) in [5.74, 6) is 1.54. The van der Waals surface area contributed by atoms with Crippen LogP contribution in [0.3, 0.4) is 0 Å². The second-order valence-corrected chi connectivity index (χ2v) is 3.09. The van der Waals surface area contributed by atoms with Crippen LogP contribution in [0.5, 0.6) is 0 Å². The quantitative estimate of drug-likeness (QED) is 0.421. The van der Waals surface area contributed by atoms with Crippen LogP contribution in [0.25, 0.3) is 0 Å². The third-order valence-electron chi connectivity index (χ3n) is 0.888. The van der Waals surface area contributed by atoms with Crippen LogP contribution in [0.15, 0.2) is 6.08 Å². The van der Waals surface area contributed by atoms with Crippen molar-refractivity contribution in [3.63, 3.8) is 0 Å². The Kier molecular flexibility index (Phi) is 1.77. The Morgan fingerprint density at radius 1 is 1.71 bits per heavy atom. The fourth-order valence-corrected chi connectivity index (χ4v) is 1.33. The van der Waals surface area contributed by atoms with Crippen molar-refractivity contribution in [2.24, 2.45) is 0 Å². The van der Waals surface area contributed by atoms with Gasteiger partial charge in [-0.2, -0.15) is 0 Å². The molecule has 0 aromatic carbocycles. The van der Waals surface area contributed by atoms with Crippen LogP contribution in [0.4, 0.5) is 0 Å². The standard InChI is InChI=1S/C5H7OS/c6-7-4-2-1-3-5-7/h2H,3-5H2. The zero-order valence-electron chi connectivity index (χ0n) is 4.02. The number of hydrogen-bond donors (Lipinski definition) is 0. The lowest BCUT2D eigenvalue weighted by molar-refractivity contribution is 0.596. The minimum atomic E-state index is -0.558. The van der Waals surface area contributed by atoms with Crippen LogP contribution in [0.1, 0.15) is 6.42 Å². The summed E-state index contributed by atoms with van der Waals surface area (Å²) in [6, 6.07) is 0. The summed E-state index contributed by atoms with van der Waals surface area (Å²) in [7, 11) is 0. The van der Waals surface area contributed by atoms with Gasteiger partial charge in [0.2, 0.25) is 0 Å². The minimum absolute atomic E-state index is 0.558. The number of rotatable bonds is 0. The summed E-state index contributed by atoms with van der Waals surface area (Å²) in [6.07, 6.45) is 5.74. The van der Waals surface area contributed by atoms with Crippen molar-refractivity contribution < 1.29 is 4.55 Å². The summed E-state index contributed by atoms with van der Waals surface area (Å²) in [5, 5.41) is 0. The molecule has 0 saturated heterocycles. The van der Waals surface area contributed by atoms with Gasteiger partial charge in [-0.15, -0.1) is 0 Å². The molecule has 0 N–H and O–H groups in total. The van der Waals surface area contributed by atoms with Gasteiger partial charge in [-0.25, -0.2) is 0 Å². The molecule has 1 nitrogen and oxygen atoms in total. The van der Waals surface area contributed by atoms with Crippen LogP contribution in [-0.4, -0.2) is 16.1 Å². The van der Waals surface area contributed by atoms with Gasteiger partial charge < -0.3 is 4.55 Å². The highest BCUT2D eigenvalue weighted by molar-refractivity contribution is 7.91. The molecule has 2 heteroatoms. The van der Waals surface area contributed by atoms with Crippen LogP contribution in [-0.2, 0) is 11.2 Å². The molecule has 0 saturated carbocycles. The van der Waals surface area contributed by atoms with Crippen molar-refractivity contribution >= 4 is 11.2 Å². The SMILES string of the molecule is [O-][S+]1CC=[C]CC1. The van der Waals surface area contributed by atoms with Gasteiger partial charge >= 0.3 is 0 Å². The molecule has 1 aliphatic heterocycles. The van der Waals surface area contributed by atoms with Gasteiger partial charge in [-0.1, -0.05) is 0 Å². The molecular formula is C5H7OS. The predicted octanol–water partition coefficient (Wildman–Crippen LogP) is 0.498. The Bertz CT molecular complexity index is 80.1. The van der Waals surface area contributed by atoms with E-state index in [4.69, 9.17) is 0 Å². The van der Waals surface area contributed by atoms with Crippen LogP contribution >= 0.6 is 0 Å². The van der Waals surface area contributed by atoms with Gasteiger partial charge in [0.25, 0.3) is 0 Å². The van der Waals surface area contributed by atoms with Gasteiger partial charge in [-0.3, -0.25) is 0 Å². The normalized spacial score (nSPS) is 30.7. The fraction of sp³-hybridized carbons (Fsp3) is 0.600. The lowest BCUT2D eigenvalue weighted by Gasteiger charge is -2.09. The Labute approximate surface area is 46.6 Å². The summed E-state index contributed by atoms with van der Waals surface area (Å²) < 4.78 is 10.5. The highest BCUT2D eigenvalue weighted by atomic mass is 32.2. The molecule has 39 valence electrons. The Morgan fingerprint density at radius 3 is 2.86 bits per heavy atom. The van der Waals surface area contributed by atoms with Gasteiger partial charge in [0.15, 0.2) is 0 Å². The van der Waals surface area contributed by atoms with Crippen molar-refractivity contribution in [1.82, 2.24) is 0 Å². The maximum absolute atomic E-state index is 10.5. The van der Waals surface area contributed by atoms with Crippen molar-refractivity contribution in [3.8, 4) is 0 Å². The molecule has 0 amide bonds. The third-order valence-corrected chi connectivity index (χ3v) is 2.09. The molecule has 1 aliphatic rings. The second kappa shape index (κ2) is 2.38. The van der Waals surface area contributed by atoms with Crippen molar-refractivity contribution in [3.05, 3.63) is 12.2 Å². The van der Waals surface area contributed by atoms with E-state index < -0.39 is 11.2 Å². The van der Waals surface area contributed by atoms with E-state index in [0.717, 1.165) is 17.9 Å². The summed E-state index contributed by atoms with van der Waals surface area (Å²) in [5.41, 5.74) is 0.